The summed E-state index contributed by atoms with van der Waals surface area (Å²) in [6, 6.07) is 15.9. The highest BCUT2D eigenvalue weighted by Crippen LogP contribution is 2.37. The van der Waals surface area contributed by atoms with Crippen molar-refractivity contribution < 1.29 is 19.4 Å². The summed E-state index contributed by atoms with van der Waals surface area (Å²) in [6.07, 6.45) is 0.133. The first-order valence-electron chi connectivity index (χ1n) is 7.80. The lowest BCUT2D eigenvalue weighted by molar-refractivity contribution is -0.141. The molecule has 0 fully saturated rings. The molecule has 3 rings (SSSR count). The number of fused-ring (bicyclic) bond motifs is 2. The van der Waals surface area contributed by atoms with Crippen molar-refractivity contribution in [3.05, 3.63) is 65.7 Å². The van der Waals surface area contributed by atoms with Gasteiger partial charge in [0.1, 0.15) is 25.1 Å². The second-order valence-corrected chi connectivity index (χ2v) is 6.42. The highest BCUT2D eigenvalue weighted by atomic mass is 79.9. The van der Waals surface area contributed by atoms with Gasteiger partial charge in [0.15, 0.2) is 0 Å². The predicted molar refractivity (Wildman–Crippen MR) is 102 cm³/mol. The largest absolute Gasteiger partial charge is 0.489 e. The molecule has 0 aromatic heterocycles. The van der Waals surface area contributed by atoms with Crippen molar-refractivity contribution in [2.75, 3.05) is 13.2 Å². The van der Waals surface area contributed by atoms with Gasteiger partial charge in [-0.05, 0) is 17.5 Å². The van der Waals surface area contributed by atoms with E-state index < -0.39 is 12.1 Å². The molecule has 0 saturated heterocycles. The van der Waals surface area contributed by atoms with Crippen LogP contribution >= 0.6 is 15.9 Å². The maximum atomic E-state index is 11.1. The molecule has 3 aromatic carbocycles. The van der Waals surface area contributed by atoms with Gasteiger partial charge < -0.3 is 14.6 Å². The molecule has 0 spiro atoms. The van der Waals surface area contributed by atoms with Crippen molar-refractivity contribution in [2.45, 2.75) is 6.10 Å². The summed E-state index contributed by atoms with van der Waals surface area (Å²) in [6.45, 7) is 3.19. The Bertz CT molecular complexity index is 936. The van der Waals surface area contributed by atoms with Crippen LogP contribution in [0.25, 0.3) is 21.5 Å². The monoisotopic (exact) mass is 400 g/mol. The van der Waals surface area contributed by atoms with E-state index in [1.165, 1.54) is 0 Å². The van der Waals surface area contributed by atoms with Crippen LogP contribution < -0.4 is 4.74 Å². The van der Waals surface area contributed by atoms with E-state index in [1.807, 2.05) is 42.5 Å². The van der Waals surface area contributed by atoms with Gasteiger partial charge in [-0.15, -0.1) is 0 Å². The number of hydrogen-bond donors (Lipinski definition) is 1. The van der Waals surface area contributed by atoms with Crippen molar-refractivity contribution >= 4 is 43.4 Å². The Morgan fingerprint density at radius 1 is 1.12 bits per heavy atom. The highest BCUT2D eigenvalue weighted by molar-refractivity contribution is 9.10. The molecule has 0 aliphatic rings. The average molecular weight is 401 g/mol. The number of rotatable bonds is 6. The molecule has 0 aliphatic carbocycles. The van der Waals surface area contributed by atoms with Crippen LogP contribution in [-0.2, 0) is 9.53 Å². The number of esters is 1. The lowest BCUT2D eigenvalue weighted by atomic mass is 10.0. The number of benzene rings is 3. The minimum Gasteiger partial charge on any atom is -0.489 e. The summed E-state index contributed by atoms with van der Waals surface area (Å²) >= 11 is 3.57. The molecular weight excluding hydrogens is 384 g/mol. The van der Waals surface area contributed by atoms with Crippen molar-refractivity contribution in [3.8, 4) is 5.75 Å². The van der Waals surface area contributed by atoms with Crippen LogP contribution in [0.2, 0.25) is 0 Å². The van der Waals surface area contributed by atoms with E-state index in [0.717, 1.165) is 32.1 Å². The highest BCUT2D eigenvalue weighted by Gasteiger charge is 2.13. The van der Waals surface area contributed by atoms with Gasteiger partial charge in [0.25, 0.3) is 0 Å². The summed E-state index contributed by atoms with van der Waals surface area (Å²) in [5.74, 6) is 0.127. The van der Waals surface area contributed by atoms with Gasteiger partial charge in [-0.3, -0.25) is 0 Å². The second-order valence-electron chi connectivity index (χ2n) is 5.56. The van der Waals surface area contributed by atoms with E-state index in [0.29, 0.717) is 5.75 Å². The first kappa shape index (κ1) is 17.5. The number of carbonyl (C=O) groups excluding carboxylic acids is 1. The quantitative estimate of drug-likeness (QED) is 0.382. The number of halogens is 1. The molecule has 0 saturated carbocycles. The number of carbonyl (C=O) groups is 1. The maximum absolute atomic E-state index is 11.1. The number of aliphatic hydroxyl groups is 1. The third-order valence-corrected chi connectivity index (χ3v) is 4.50. The third kappa shape index (κ3) is 3.83. The molecule has 4 nitrogen and oxygen atoms in total. The van der Waals surface area contributed by atoms with Crippen LogP contribution in [-0.4, -0.2) is 30.4 Å². The molecular formula is C20H17BrO4. The Morgan fingerprint density at radius 2 is 1.88 bits per heavy atom. The van der Waals surface area contributed by atoms with Crippen molar-refractivity contribution in [2.24, 2.45) is 0 Å². The van der Waals surface area contributed by atoms with Gasteiger partial charge in [0, 0.05) is 26.7 Å². The fourth-order valence-electron chi connectivity index (χ4n) is 2.63. The normalized spacial score (nSPS) is 12.1. The van der Waals surface area contributed by atoms with E-state index in [1.54, 1.807) is 0 Å². The molecule has 1 N–H and O–H groups in total. The van der Waals surface area contributed by atoms with E-state index in [2.05, 4.69) is 28.6 Å². The minimum absolute atomic E-state index is 0.0139. The van der Waals surface area contributed by atoms with Gasteiger partial charge >= 0.3 is 5.97 Å². The molecule has 1 unspecified atom stereocenters. The molecule has 0 amide bonds. The molecule has 0 aliphatic heterocycles. The second kappa shape index (κ2) is 7.68. The van der Waals surface area contributed by atoms with Crippen LogP contribution in [0.3, 0.4) is 0 Å². The van der Waals surface area contributed by atoms with Gasteiger partial charge in [0.2, 0.25) is 0 Å². The van der Waals surface area contributed by atoms with Crippen molar-refractivity contribution in [1.29, 1.82) is 0 Å². The molecule has 5 heteroatoms. The van der Waals surface area contributed by atoms with Gasteiger partial charge in [0.05, 0.1) is 0 Å². The minimum atomic E-state index is -0.926. The Morgan fingerprint density at radius 3 is 2.68 bits per heavy atom. The zero-order chi connectivity index (χ0) is 17.8. The molecule has 25 heavy (non-hydrogen) atoms. The Balaban J connectivity index is 1.92. The van der Waals surface area contributed by atoms with Crippen molar-refractivity contribution in [3.63, 3.8) is 0 Å². The van der Waals surface area contributed by atoms with Crippen LogP contribution in [0.1, 0.15) is 0 Å². The van der Waals surface area contributed by atoms with Crippen LogP contribution in [0, 0.1) is 0 Å². The van der Waals surface area contributed by atoms with Crippen LogP contribution in [0.5, 0.6) is 5.75 Å². The lowest BCUT2D eigenvalue weighted by Crippen LogP contribution is -2.24. The molecule has 3 aromatic rings. The number of hydrogen-bond acceptors (Lipinski definition) is 4. The smallest absolute Gasteiger partial charge is 0.330 e. The van der Waals surface area contributed by atoms with E-state index >= 15 is 0 Å². The summed E-state index contributed by atoms with van der Waals surface area (Å²) in [7, 11) is 0. The van der Waals surface area contributed by atoms with Gasteiger partial charge in [-0.25, -0.2) is 4.79 Å². The van der Waals surface area contributed by atoms with Crippen LogP contribution in [0.15, 0.2) is 65.7 Å². The first-order chi connectivity index (χ1) is 12.1. The molecule has 0 radical (unpaired) electrons. The van der Waals surface area contributed by atoms with Gasteiger partial charge in [-0.1, -0.05) is 58.9 Å². The zero-order valence-corrected chi connectivity index (χ0v) is 15.0. The standard InChI is InChI=1S/C20H17BrO4/c1-2-19(23)24-11-14(22)12-25-20-15-7-4-3-6-13(15)10-17-16(20)8-5-9-18(17)21/h2-10,14,22H,1,11-12H2. The van der Waals surface area contributed by atoms with E-state index in [4.69, 9.17) is 9.47 Å². The first-order valence-corrected chi connectivity index (χ1v) is 8.59. The average Bonchev–Trinajstić information content (AvgIpc) is 2.63. The van der Waals surface area contributed by atoms with E-state index in [-0.39, 0.29) is 13.2 Å². The summed E-state index contributed by atoms with van der Waals surface area (Å²) in [5.41, 5.74) is 0. The Hall–Kier alpha value is -2.37. The number of ether oxygens (including phenoxy) is 2. The van der Waals surface area contributed by atoms with Gasteiger partial charge in [-0.2, -0.15) is 0 Å². The maximum Gasteiger partial charge on any atom is 0.330 e. The fraction of sp³-hybridized carbons (Fsp3) is 0.150. The SMILES string of the molecule is C=CC(=O)OCC(O)COc1c2ccccc2cc2c(Br)cccc12. The topological polar surface area (TPSA) is 55.8 Å². The van der Waals surface area contributed by atoms with Crippen LogP contribution in [0.4, 0.5) is 0 Å². The summed E-state index contributed by atoms with van der Waals surface area (Å²) < 4.78 is 11.7. The van der Waals surface area contributed by atoms with Crippen molar-refractivity contribution in [1.82, 2.24) is 0 Å². The Kier molecular flexibility index (Phi) is 5.36. The molecule has 0 heterocycles. The predicted octanol–water partition coefficient (Wildman–Crippen LogP) is 4.22. The third-order valence-electron chi connectivity index (χ3n) is 3.81. The lowest BCUT2D eigenvalue weighted by Gasteiger charge is -2.16. The zero-order valence-electron chi connectivity index (χ0n) is 13.4. The number of aliphatic hydroxyl groups excluding tert-OH is 1. The van der Waals surface area contributed by atoms with E-state index in [9.17, 15) is 9.90 Å². The molecule has 1 atom stereocenters. The summed E-state index contributed by atoms with van der Waals surface area (Å²) in [4.78, 5) is 11.1. The molecule has 0 bridgehead atoms. The Labute approximate surface area is 153 Å². The fourth-order valence-corrected chi connectivity index (χ4v) is 3.11. The molecule has 128 valence electrons. The summed E-state index contributed by atoms with van der Waals surface area (Å²) in [5, 5.41) is 14.0.